The highest BCUT2D eigenvalue weighted by Crippen LogP contribution is 2.20. The number of anilines is 1. The summed E-state index contributed by atoms with van der Waals surface area (Å²) >= 11 is 0. The maximum atomic E-state index is 13.8. The number of aliphatic imine (C=N–C) groups is 1. The van der Waals surface area contributed by atoms with Gasteiger partial charge in [0.15, 0.2) is 17.5 Å². The van der Waals surface area contributed by atoms with E-state index in [1.807, 2.05) is 19.1 Å². The second kappa shape index (κ2) is 9.26. The molecule has 0 amide bonds. The number of rotatable bonds is 6. The summed E-state index contributed by atoms with van der Waals surface area (Å²) < 4.78 is 18.8. The van der Waals surface area contributed by atoms with Gasteiger partial charge in [-0.2, -0.15) is 0 Å². The van der Waals surface area contributed by atoms with E-state index in [4.69, 9.17) is 4.74 Å². The van der Waals surface area contributed by atoms with E-state index >= 15 is 0 Å². The van der Waals surface area contributed by atoms with Gasteiger partial charge < -0.3 is 20.3 Å². The molecule has 1 aliphatic heterocycles. The van der Waals surface area contributed by atoms with Gasteiger partial charge in [-0.15, -0.1) is 0 Å². The van der Waals surface area contributed by atoms with Crippen LogP contribution in [0.15, 0.2) is 53.5 Å². The Kier molecular flexibility index (Phi) is 6.52. The monoisotopic (exact) mass is 370 g/mol. The van der Waals surface area contributed by atoms with Gasteiger partial charge in [-0.1, -0.05) is 24.3 Å². The van der Waals surface area contributed by atoms with E-state index in [1.165, 1.54) is 18.9 Å². The molecule has 2 N–H and O–H groups in total. The predicted octanol–water partition coefficient (Wildman–Crippen LogP) is 3.17. The number of benzene rings is 2. The van der Waals surface area contributed by atoms with Crippen molar-refractivity contribution in [3.8, 4) is 5.75 Å². The summed E-state index contributed by atoms with van der Waals surface area (Å²) in [6, 6.07) is 15.7. The average Bonchev–Trinajstić information content (AvgIpc) is 3.16. The van der Waals surface area contributed by atoms with Crippen molar-refractivity contribution in [2.24, 2.45) is 4.99 Å². The van der Waals surface area contributed by atoms with Crippen LogP contribution in [0.2, 0.25) is 0 Å². The Labute approximate surface area is 160 Å². The molecular weight excluding hydrogens is 343 g/mol. The number of para-hydroxylation sites is 1. The predicted molar refractivity (Wildman–Crippen MR) is 108 cm³/mol. The molecule has 1 saturated heterocycles. The first-order valence-corrected chi connectivity index (χ1v) is 9.37. The van der Waals surface area contributed by atoms with Crippen molar-refractivity contribution < 1.29 is 9.13 Å². The first-order chi connectivity index (χ1) is 13.2. The summed E-state index contributed by atoms with van der Waals surface area (Å²) in [7, 11) is 1.46. The molecule has 1 atom stereocenters. The second-order valence-electron chi connectivity index (χ2n) is 6.58. The van der Waals surface area contributed by atoms with Crippen LogP contribution in [-0.4, -0.2) is 38.7 Å². The molecule has 2 aromatic rings. The van der Waals surface area contributed by atoms with Crippen LogP contribution in [0.3, 0.4) is 0 Å². The van der Waals surface area contributed by atoms with E-state index in [9.17, 15) is 4.39 Å². The summed E-state index contributed by atoms with van der Waals surface area (Å²) in [5.41, 5.74) is 2.06. The molecule has 0 saturated carbocycles. The Hall–Kier alpha value is -2.76. The Morgan fingerprint density at radius 2 is 2.07 bits per heavy atom. The van der Waals surface area contributed by atoms with Crippen molar-refractivity contribution in [1.82, 2.24) is 10.6 Å². The highest BCUT2D eigenvalue weighted by atomic mass is 19.1. The number of halogens is 1. The standard InChI is InChI=1S/C21H27FN4O/c1-3-23-21(24-14-16-9-10-20(27-2)19(22)13-16)25-17-11-12-26(15-17)18-7-5-4-6-8-18/h4-10,13,17H,3,11-12,14-15H2,1-2H3,(H2,23,24,25). The molecule has 0 radical (unpaired) electrons. The van der Waals surface area contributed by atoms with Crippen molar-refractivity contribution >= 4 is 11.6 Å². The van der Waals surface area contributed by atoms with Crippen LogP contribution in [0.4, 0.5) is 10.1 Å². The van der Waals surface area contributed by atoms with Gasteiger partial charge in [0, 0.05) is 31.4 Å². The van der Waals surface area contributed by atoms with E-state index < -0.39 is 0 Å². The summed E-state index contributed by atoms with van der Waals surface area (Å²) in [6.45, 7) is 5.18. The molecule has 1 aliphatic rings. The van der Waals surface area contributed by atoms with Crippen molar-refractivity contribution in [2.75, 3.05) is 31.6 Å². The molecule has 0 spiro atoms. The van der Waals surface area contributed by atoms with E-state index in [-0.39, 0.29) is 11.6 Å². The lowest BCUT2D eigenvalue weighted by atomic mass is 10.2. The average molecular weight is 370 g/mol. The van der Waals surface area contributed by atoms with Crippen LogP contribution in [0.5, 0.6) is 5.75 Å². The molecule has 0 aliphatic carbocycles. The summed E-state index contributed by atoms with van der Waals surface area (Å²) in [5, 5.41) is 6.78. The van der Waals surface area contributed by atoms with Crippen molar-refractivity contribution in [2.45, 2.75) is 25.9 Å². The molecule has 0 aromatic heterocycles. The third-order valence-corrected chi connectivity index (χ3v) is 4.63. The fourth-order valence-corrected chi connectivity index (χ4v) is 3.24. The van der Waals surface area contributed by atoms with Gasteiger partial charge in [0.2, 0.25) is 0 Å². The zero-order valence-corrected chi connectivity index (χ0v) is 15.9. The van der Waals surface area contributed by atoms with Crippen LogP contribution >= 0.6 is 0 Å². The van der Waals surface area contributed by atoms with Gasteiger partial charge in [-0.25, -0.2) is 9.38 Å². The summed E-state index contributed by atoms with van der Waals surface area (Å²) in [6.07, 6.45) is 1.05. The highest BCUT2D eigenvalue weighted by Gasteiger charge is 2.23. The Morgan fingerprint density at radius 3 is 2.78 bits per heavy atom. The van der Waals surface area contributed by atoms with Gasteiger partial charge in [-0.3, -0.25) is 0 Å². The number of hydrogen-bond donors (Lipinski definition) is 2. The number of nitrogens with one attached hydrogen (secondary N) is 2. The first kappa shape index (κ1) is 19.0. The van der Waals surface area contributed by atoms with E-state index in [0.717, 1.165) is 37.6 Å². The molecule has 3 rings (SSSR count). The highest BCUT2D eigenvalue weighted by molar-refractivity contribution is 5.80. The number of nitrogens with zero attached hydrogens (tertiary/aromatic N) is 2. The van der Waals surface area contributed by atoms with Gasteiger partial charge in [0.25, 0.3) is 0 Å². The van der Waals surface area contributed by atoms with Crippen LogP contribution in [0, 0.1) is 5.82 Å². The maximum absolute atomic E-state index is 13.8. The first-order valence-electron chi connectivity index (χ1n) is 9.37. The normalized spacial score (nSPS) is 17.1. The number of methoxy groups -OCH3 is 1. The SMILES string of the molecule is CCNC(=NCc1ccc(OC)c(F)c1)NC1CCN(c2ccccc2)C1. The Bertz CT molecular complexity index is 766. The number of guanidine groups is 1. The van der Waals surface area contributed by atoms with E-state index in [0.29, 0.717) is 12.6 Å². The summed E-state index contributed by atoms with van der Waals surface area (Å²) in [4.78, 5) is 6.99. The van der Waals surface area contributed by atoms with Gasteiger partial charge in [-0.05, 0) is 43.2 Å². The lowest BCUT2D eigenvalue weighted by Gasteiger charge is -2.20. The van der Waals surface area contributed by atoms with Gasteiger partial charge in [0.05, 0.1) is 13.7 Å². The number of hydrogen-bond acceptors (Lipinski definition) is 3. The summed E-state index contributed by atoms with van der Waals surface area (Å²) in [5.74, 6) is 0.644. The molecule has 1 heterocycles. The lowest BCUT2D eigenvalue weighted by molar-refractivity contribution is 0.386. The van der Waals surface area contributed by atoms with Crippen LogP contribution in [0.1, 0.15) is 18.9 Å². The van der Waals surface area contributed by atoms with Gasteiger partial charge in [0.1, 0.15) is 0 Å². The van der Waals surface area contributed by atoms with Crippen LogP contribution in [0.25, 0.3) is 0 Å². The molecule has 1 unspecified atom stereocenters. The van der Waals surface area contributed by atoms with Gasteiger partial charge >= 0.3 is 0 Å². The second-order valence-corrected chi connectivity index (χ2v) is 6.58. The van der Waals surface area contributed by atoms with E-state index in [1.54, 1.807) is 6.07 Å². The number of ether oxygens (including phenoxy) is 1. The van der Waals surface area contributed by atoms with Crippen molar-refractivity contribution in [3.05, 3.63) is 59.9 Å². The van der Waals surface area contributed by atoms with Crippen LogP contribution < -0.4 is 20.3 Å². The minimum atomic E-state index is -0.363. The molecule has 5 nitrogen and oxygen atoms in total. The molecule has 2 aromatic carbocycles. The zero-order valence-electron chi connectivity index (χ0n) is 15.9. The third-order valence-electron chi connectivity index (χ3n) is 4.63. The minimum Gasteiger partial charge on any atom is -0.494 e. The fraction of sp³-hybridized carbons (Fsp3) is 0.381. The lowest BCUT2D eigenvalue weighted by Crippen LogP contribution is -2.44. The molecular formula is C21H27FN4O. The maximum Gasteiger partial charge on any atom is 0.191 e. The quantitative estimate of drug-likeness (QED) is 0.606. The molecule has 27 heavy (non-hydrogen) atoms. The Morgan fingerprint density at radius 1 is 1.26 bits per heavy atom. The molecule has 0 bridgehead atoms. The van der Waals surface area contributed by atoms with Crippen molar-refractivity contribution in [1.29, 1.82) is 0 Å². The zero-order chi connectivity index (χ0) is 19.1. The third kappa shape index (κ3) is 5.12. The minimum absolute atomic E-state index is 0.250. The molecule has 1 fully saturated rings. The smallest absolute Gasteiger partial charge is 0.191 e. The van der Waals surface area contributed by atoms with E-state index in [2.05, 4.69) is 44.8 Å². The molecule has 144 valence electrons. The largest absolute Gasteiger partial charge is 0.494 e. The van der Waals surface area contributed by atoms with Crippen molar-refractivity contribution in [3.63, 3.8) is 0 Å². The Balaban J connectivity index is 1.60. The van der Waals surface area contributed by atoms with Crippen LogP contribution in [-0.2, 0) is 6.54 Å². The molecule has 6 heteroatoms. The topological polar surface area (TPSA) is 48.9 Å². The fourth-order valence-electron chi connectivity index (χ4n) is 3.24.